The molecular weight excluding hydrogens is 740 g/mol. The number of hydrogen-bond donors (Lipinski definition) is 0. The molecule has 0 radical (unpaired) electrons. The Hall–Kier alpha value is -4.49. The van der Waals surface area contributed by atoms with Crippen LogP contribution in [0.3, 0.4) is 0 Å². The second-order valence-corrected chi connectivity index (χ2v) is 14.9. The molecular formula is C45H46F3NO6S. The summed E-state index contributed by atoms with van der Waals surface area (Å²) in [4.78, 5) is 4.91. The Kier molecular flexibility index (Phi) is 14.8. The third-order valence-electron chi connectivity index (χ3n) is 8.80. The number of thioether (sulfide) groups is 1. The molecule has 1 aliphatic heterocycles. The molecule has 0 aliphatic carbocycles. The van der Waals surface area contributed by atoms with Gasteiger partial charge in [0.15, 0.2) is 0 Å². The molecule has 5 aromatic rings. The molecule has 56 heavy (non-hydrogen) atoms. The van der Waals surface area contributed by atoms with Gasteiger partial charge < -0.3 is 28.4 Å². The van der Waals surface area contributed by atoms with E-state index < -0.39 is 48.4 Å². The molecule has 1 fully saturated rings. The average Bonchev–Trinajstić information content (AvgIpc) is 3.21. The van der Waals surface area contributed by atoms with Crippen LogP contribution >= 0.6 is 11.8 Å². The van der Waals surface area contributed by atoms with E-state index in [9.17, 15) is 13.2 Å². The van der Waals surface area contributed by atoms with Gasteiger partial charge in [0.25, 0.3) is 5.90 Å². The van der Waals surface area contributed by atoms with Gasteiger partial charge in [0, 0.05) is 10.6 Å². The van der Waals surface area contributed by atoms with E-state index in [1.54, 1.807) is 30.0 Å². The van der Waals surface area contributed by atoms with Gasteiger partial charge >= 0.3 is 6.18 Å². The van der Waals surface area contributed by atoms with Crippen LogP contribution in [0, 0.1) is 0 Å². The highest BCUT2D eigenvalue weighted by Crippen LogP contribution is 2.36. The molecule has 6 rings (SSSR count). The van der Waals surface area contributed by atoms with E-state index in [2.05, 4.69) is 4.99 Å². The van der Waals surface area contributed by atoms with Crippen molar-refractivity contribution in [2.75, 3.05) is 12.4 Å². The van der Waals surface area contributed by atoms with Gasteiger partial charge in [-0.3, -0.25) is 0 Å². The van der Waals surface area contributed by atoms with Crippen molar-refractivity contribution in [3.05, 3.63) is 168 Å². The van der Waals surface area contributed by atoms with Crippen molar-refractivity contribution in [1.29, 1.82) is 0 Å². The first kappa shape index (κ1) is 41.2. The van der Waals surface area contributed by atoms with Crippen molar-refractivity contribution in [3.63, 3.8) is 0 Å². The van der Waals surface area contributed by atoms with Gasteiger partial charge in [0.2, 0.25) is 6.29 Å². The second-order valence-electron chi connectivity index (χ2n) is 13.9. The smallest absolute Gasteiger partial charge is 0.441 e. The summed E-state index contributed by atoms with van der Waals surface area (Å²) >= 11 is 1.56. The van der Waals surface area contributed by atoms with Crippen molar-refractivity contribution in [2.45, 2.75) is 81.0 Å². The van der Waals surface area contributed by atoms with Crippen LogP contribution in [-0.4, -0.2) is 60.7 Å². The van der Waals surface area contributed by atoms with Crippen LogP contribution in [0.15, 0.2) is 162 Å². The maximum absolute atomic E-state index is 14.8. The van der Waals surface area contributed by atoms with Gasteiger partial charge in [-0.25, -0.2) is 4.99 Å². The van der Waals surface area contributed by atoms with E-state index >= 15 is 0 Å². The molecule has 0 bridgehead atoms. The quantitative estimate of drug-likeness (QED) is 0.0528. The van der Waals surface area contributed by atoms with Crippen molar-refractivity contribution in [3.8, 4) is 0 Å². The van der Waals surface area contributed by atoms with Gasteiger partial charge in [-0.15, -0.1) is 11.8 Å². The summed E-state index contributed by atoms with van der Waals surface area (Å²) in [7, 11) is 0. The lowest BCUT2D eigenvalue weighted by molar-refractivity contribution is -0.326. The summed E-state index contributed by atoms with van der Waals surface area (Å²) < 4.78 is 83.3. The van der Waals surface area contributed by atoms with Gasteiger partial charge in [-0.2, -0.15) is 13.2 Å². The first-order valence-corrected chi connectivity index (χ1v) is 19.4. The van der Waals surface area contributed by atoms with Gasteiger partial charge in [-0.05, 0) is 54.8 Å². The average molecular weight is 786 g/mol. The lowest BCUT2D eigenvalue weighted by Gasteiger charge is -2.47. The SMILES string of the molecule is CC(C)(CSc1ccccc1)O[C@H]1C(OC(=Nc2ccccc2)C(F)(F)F)O[C@H](COCc2ccccc2)[C@@H](OCc2ccccc2)[C@@H]1OCc1ccccc1. The van der Waals surface area contributed by atoms with Gasteiger partial charge in [-0.1, -0.05) is 127 Å². The van der Waals surface area contributed by atoms with Crippen LogP contribution in [0.25, 0.3) is 0 Å². The Morgan fingerprint density at radius 1 is 0.625 bits per heavy atom. The standard InChI is InChI=1S/C45H46F3NO6S/c1-44(2,32-56-37-26-16-7-17-27-37)55-41-40(52-30-35-22-12-5-13-23-35)39(51-29-34-20-10-4-11-21-34)38(31-50-28-33-18-8-3-9-19-33)53-42(41)54-43(45(46,47)48)49-36-24-14-6-15-25-36/h3-27,38-42H,28-32H2,1-2H3/t38-,39-,40+,41-,42?/m1/s1. The number of aliphatic imine (C=N–C) groups is 1. The lowest BCUT2D eigenvalue weighted by Crippen LogP contribution is -2.63. The fourth-order valence-corrected chi connectivity index (χ4v) is 7.02. The molecule has 1 aliphatic rings. The molecule has 7 nitrogen and oxygen atoms in total. The zero-order valence-corrected chi connectivity index (χ0v) is 32.1. The Labute approximate surface area is 330 Å². The molecule has 0 aromatic heterocycles. The number of benzene rings is 5. The number of hydrogen-bond acceptors (Lipinski definition) is 8. The lowest BCUT2D eigenvalue weighted by atomic mass is 9.97. The maximum atomic E-state index is 14.8. The summed E-state index contributed by atoms with van der Waals surface area (Å²) in [5.41, 5.74) is 1.82. The van der Waals surface area contributed by atoms with E-state index in [1.165, 1.54) is 12.1 Å². The van der Waals surface area contributed by atoms with E-state index in [-0.39, 0.29) is 32.1 Å². The van der Waals surface area contributed by atoms with Crippen molar-refractivity contribution in [2.24, 2.45) is 4.99 Å². The van der Waals surface area contributed by atoms with E-state index in [0.717, 1.165) is 21.6 Å². The number of nitrogens with zero attached hydrogens (tertiary/aromatic N) is 1. The monoisotopic (exact) mass is 785 g/mol. The molecule has 11 heteroatoms. The number of para-hydroxylation sites is 1. The van der Waals surface area contributed by atoms with Gasteiger partial charge in [0.05, 0.1) is 37.7 Å². The zero-order chi connectivity index (χ0) is 39.2. The Balaban J connectivity index is 1.38. The predicted molar refractivity (Wildman–Crippen MR) is 212 cm³/mol. The highest BCUT2D eigenvalue weighted by molar-refractivity contribution is 7.99. The topological polar surface area (TPSA) is 67.7 Å². The Bertz CT molecular complexity index is 1900. The summed E-state index contributed by atoms with van der Waals surface area (Å²) in [6.45, 7) is 4.24. The van der Waals surface area contributed by atoms with Crippen molar-refractivity contribution < 1.29 is 41.6 Å². The molecule has 294 valence electrons. The number of halogens is 3. The number of rotatable bonds is 17. The molecule has 0 N–H and O–H groups in total. The number of ether oxygens (including phenoxy) is 6. The maximum Gasteiger partial charge on any atom is 0.468 e. The fraction of sp³-hybridized carbons (Fsp3) is 0.311. The highest BCUT2D eigenvalue weighted by atomic mass is 32.2. The summed E-state index contributed by atoms with van der Waals surface area (Å²) in [5, 5.41) is 0. The molecule has 1 heterocycles. The van der Waals surface area contributed by atoms with E-state index in [1.807, 2.05) is 135 Å². The molecule has 1 unspecified atom stereocenters. The molecule has 0 amide bonds. The fourth-order valence-electron chi connectivity index (χ4n) is 6.09. The van der Waals surface area contributed by atoms with Crippen LogP contribution in [0.2, 0.25) is 0 Å². The Morgan fingerprint density at radius 2 is 1.11 bits per heavy atom. The van der Waals surface area contributed by atoms with Gasteiger partial charge in [0.1, 0.15) is 24.4 Å². The van der Waals surface area contributed by atoms with Crippen molar-refractivity contribution >= 4 is 23.3 Å². The molecule has 1 saturated heterocycles. The van der Waals surface area contributed by atoms with Crippen LogP contribution < -0.4 is 0 Å². The summed E-state index contributed by atoms with van der Waals surface area (Å²) in [6, 6.07) is 46.3. The third kappa shape index (κ3) is 12.5. The summed E-state index contributed by atoms with van der Waals surface area (Å²) in [6.07, 6.45) is -10.6. The predicted octanol–water partition coefficient (Wildman–Crippen LogP) is 10.4. The minimum Gasteiger partial charge on any atom is -0.441 e. The molecule has 5 aromatic carbocycles. The first-order chi connectivity index (χ1) is 27.1. The highest BCUT2D eigenvalue weighted by Gasteiger charge is 2.53. The molecule has 0 saturated carbocycles. The van der Waals surface area contributed by atoms with Crippen LogP contribution in [0.1, 0.15) is 30.5 Å². The minimum absolute atomic E-state index is 0.0451. The van der Waals surface area contributed by atoms with E-state index in [0.29, 0.717) is 5.75 Å². The largest absolute Gasteiger partial charge is 0.468 e. The summed E-state index contributed by atoms with van der Waals surface area (Å²) in [5.74, 6) is -1.03. The van der Waals surface area contributed by atoms with Crippen molar-refractivity contribution in [1.82, 2.24) is 0 Å². The minimum atomic E-state index is -4.97. The zero-order valence-electron chi connectivity index (χ0n) is 31.3. The third-order valence-corrected chi connectivity index (χ3v) is 10.2. The first-order valence-electron chi connectivity index (χ1n) is 18.4. The van der Waals surface area contributed by atoms with Crippen LogP contribution in [0.4, 0.5) is 18.9 Å². The Morgan fingerprint density at radius 3 is 1.64 bits per heavy atom. The van der Waals surface area contributed by atoms with E-state index in [4.69, 9.17) is 28.4 Å². The number of alkyl halides is 3. The van der Waals surface area contributed by atoms with Crippen LogP contribution in [0.5, 0.6) is 0 Å². The normalized spacial score (nSPS) is 20.4. The second kappa shape index (κ2) is 20.1. The molecule has 0 spiro atoms. The van der Waals surface area contributed by atoms with Crippen LogP contribution in [-0.2, 0) is 48.2 Å². The molecule has 5 atom stereocenters.